The van der Waals surface area contributed by atoms with E-state index in [4.69, 9.17) is 16.3 Å². The van der Waals surface area contributed by atoms with Gasteiger partial charge in [0, 0.05) is 17.6 Å². The third kappa shape index (κ3) is 8.27. The zero-order valence-corrected chi connectivity index (χ0v) is 19.0. The maximum atomic E-state index is 13.1. The predicted octanol–water partition coefficient (Wildman–Crippen LogP) is 3.52. The van der Waals surface area contributed by atoms with Crippen LogP contribution in [0.5, 0.6) is 0 Å². The highest BCUT2D eigenvalue weighted by molar-refractivity contribution is 6.31. The van der Waals surface area contributed by atoms with Gasteiger partial charge in [-0.15, -0.1) is 0 Å². The molecule has 3 rings (SSSR count). The minimum atomic E-state index is -0.759. The average Bonchev–Trinajstić information content (AvgIpc) is 2.81. The maximum Gasteiger partial charge on any atom is 0.408 e. The van der Waals surface area contributed by atoms with Crippen LogP contribution in [-0.2, 0) is 27.4 Å². The summed E-state index contributed by atoms with van der Waals surface area (Å²) in [5.74, 6) is -0.553. The van der Waals surface area contributed by atoms with Crippen molar-refractivity contribution in [1.29, 1.82) is 0 Å². The van der Waals surface area contributed by atoms with Crippen LogP contribution >= 0.6 is 11.6 Å². The largest absolute Gasteiger partial charge is 0.445 e. The van der Waals surface area contributed by atoms with E-state index in [-0.39, 0.29) is 18.4 Å². The van der Waals surface area contributed by atoms with Crippen molar-refractivity contribution in [2.75, 3.05) is 6.54 Å². The highest BCUT2D eigenvalue weighted by atomic mass is 35.5. The molecule has 0 bridgehead atoms. The molecule has 7 nitrogen and oxygen atoms in total. The molecule has 0 saturated heterocycles. The molecule has 1 aliphatic rings. The molecule has 0 unspecified atom stereocenters. The summed E-state index contributed by atoms with van der Waals surface area (Å²) < 4.78 is 5.29. The van der Waals surface area contributed by atoms with Gasteiger partial charge in [0.1, 0.15) is 12.6 Å². The van der Waals surface area contributed by atoms with E-state index in [0.29, 0.717) is 37.3 Å². The van der Waals surface area contributed by atoms with Gasteiger partial charge in [0.15, 0.2) is 0 Å². The van der Waals surface area contributed by atoms with Crippen LogP contribution < -0.4 is 16.0 Å². The molecule has 0 radical (unpaired) electrons. The topological polar surface area (TPSA) is 96.5 Å². The second-order valence-electron chi connectivity index (χ2n) is 7.82. The number of alkyl carbamates (subject to hydrolysis) is 1. The van der Waals surface area contributed by atoms with Crippen LogP contribution in [0.4, 0.5) is 4.79 Å². The molecule has 2 aromatic carbocycles. The van der Waals surface area contributed by atoms with Crippen molar-refractivity contribution in [3.05, 3.63) is 82.9 Å². The van der Waals surface area contributed by atoms with Gasteiger partial charge in [-0.25, -0.2) is 4.79 Å². The Morgan fingerprint density at radius 2 is 1.82 bits per heavy atom. The first-order valence-electron chi connectivity index (χ1n) is 11.0. The fourth-order valence-corrected chi connectivity index (χ4v) is 3.69. The maximum absolute atomic E-state index is 13.1. The number of rotatable bonds is 5. The molecular formula is C25H28ClN3O4. The van der Waals surface area contributed by atoms with Crippen LogP contribution in [0.1, 0.15) is 30.4 Å². The van der Waals surface area contributed by atoms with E-state index in [9.17, 15) is 14.4 Å². The Balaban J connectivity index is 1.68. The fraction of sp³-hybridized carbons (Fsp3) is 0.320. The van der Waals surface area contributed by atoms with Crippen LogP contribution in [0.3, 0.4) is 0 Å². The van der Waals surface area contributed by atoms with E-state index in [1.165, 1.54) is 6.08 Å². The van der Waals surface area contributed by atoms with Crippen molar-refractivity contribution in [1.82, 2.24) is 16.0 Å². The molecule has 3 N–H and O–H groups in total. The Labute approximate surface area is 198 Å². The van der Waals surface area contributed by atoms with Gasteiger partial charge in [0.25, 0.3) is 0 Å². The van der Waals surface area contributed by atoms with Gasteiger partial charge < -0.3 is 20.7 Å². The van der Waals surface area contributed by atoms with Gasteiger partial charge >= 0.3 is 6.09 Å². The molecule has 174 valence electrons. The first-order valence-corrected chi connectivity index (χ1v) is 11.4. The predicted molar refractivity (Wildman–Crippen MR) is 127 cm³/mol. The fourth-order valence-electron chi connectivity index (χ4n) is 3.47. The molecule has 33 heavy (non-hydrogen) atoms. The van der Waals surface area contributed by atoms with Gasteiger partial charge in [-0.05, 0) is 42.9 Å². The van der Waals surface area contributed by atoms with Gasteiger partial charge in [-0.1, -0.05) is 66.2 Å². The number of amides is 3. The number of hydrogen-bond acceptors (Lipinski definition) is 4. The third-order valence-electron chi connectivity index (χ3n) is 5.25. The summed E-state index contributed by atoms with van der Waals surface area (Å²) in [6, 6.07) is 15.4. The average molecular weight is 470 g/mol. The molecule has 0 aromatic heterocycles. The minimum absolute atomic E-state index is 0.116. The van der Waals surface area contributed by atoms with Crippen LogP contribution in [0, 0.1) is 0 Å². The number of halogens is 1. The van der Waals surface area contributed by atoms with E-state index in [1.807, 2.05) is 48.5 Å². The second kappa shape index (κ2) is 12.6. The summed E-state index contributed by atoms with van der Waals surface area (Å²) >= 11 is 6.28. The second-order valence-corrected chi connectivity index (χ2v) is 8.22. The van der Waals surface area contributed by atoms with Crippen molar-refractivity contribution < 1.29 is 19.1 Å². The lowest BCUT2D eigenvalue weighted by molar-refractivity contribution is -0.124. The molecule has 0 fully saturated rings. The molecule has 0 saturated carbocycles. The van der Waals surface area contributed by atoms with E-state index in [1.54, 1.807) is 12.1 Å². The molecule has 1 aliphatic heterocycles. The van der Waals surface area contributed by atoms with Crippen LogP contribution in [0.2, 0.25) is 5.02 Å². The SMILES string of the molecule is O=C1/C=C/[C@H](Cc2ccccc2Cl)NC(=O)[C@@H](NC(=O)OCc2ccccc2)CCCCN1. The number of carbonyl (C=O) groups excluding carboxylic acids is 3. The quantitative estimate of drug-likeness (QED) is 0.624. The molecular weight excluding hydrogens is 442 g/mol. The van der Waals surface area contributed by atoms with E-state index >= 15 is 0 Å². The molecule has 1 heterocycles. The van der Waals surface area contributed by atoms with E-state index in [2.05, 4.69) is 16.0 Å². The highest BCUT2D eigenvalue weighted by Gasteiger charge is 2.24. The lowest BCUT2D eigenvalue weighted by Crippen LogP contribution is -2.50. The Bertz CT molecular complexity index is 981. The summed E-state index contributed by atoms with van der Waals surface area (Å²) in [5, 5.41) is 9.01. The van der Waals surface area contributed by atoms with E-state index in [0.717, 1.165) is 11.1 Å². The Hall–Kier alpha value is -3.32. The van der Waals surface area contributed by atoms with Gasteiger partial charge in [-0.3, -0.25) is 9.59 Å². The van der Waals surface area contributed by atoms with Crippen LogP contribution in [0.15, 0.2) is 66.7 Å². The smallest absolute Gasteiger partial charge is 0.408 e. The molecule has 2 aromatic rings. The van der Waals surface area contributed by atoms with Crippen molar-refractivity contribution >= 4 is 29.5 Å². The Morgan fingerprint density at radius 3 is 2.61 bits per heavy atom. The monoisotopic (exact) mass is 469 g/mol. The first-order chi connectivity index (χ1) is 16.0. The molecule has 3 amide bonds. The lowest BCUT2D eigenvalue weighted by atomic mass is 10.0. The van der Waals surface area contributed by atoms with Crippen molar-refractivity contribution in [3.8, 4) is 0 Å². The Morgan fingerprint density at radius 1 is 1.06 bits per heavy atom. The van der Waals surface area contributed by atoms with Crippen LogP contribution in [0.25, 0.3) is 0 Å². The number of nitrogens with one attached hydrogen (secondary N) is 3. The highest BCUT2D eigenvalue weighted by Crippen LogP contribution is 2.17. The first kappa shape index (κ1) is 24.3. The van der Waals surface area contributed by atoms with Gasteiger partial charge in [0.2, 0.25) is 11.8 Å². The normalized spacial score (nSPS) is 20.4. The lowest BCUT2D eigenvalue weighted by Gasteiger charge is -2.23. The van der Waals surface area contributed by atoms with Crippen molar-refractivity contribution in [2.24, 2.45) is 0 Å². The minimum Gasteiger partial charge on any atom is -0.445 e. The molecule has 0 spiro atoms. The van der Waals surface area contributed by atoms with Crippen LogP contribution in [-0.4, -0.2) is 36.5 Å². The summed E-state index contributed by atoms with van der Waals surface area (Å²) in [7, 11) is 0. The molecule has 2 atom stereocenters. The number of benzene rings is 2. The Kier molecular flexibility index (Phi) is 9.32. The van der Waals surface area contributed by atoms with Gasteiger partial charge in [-0.2, -0.15) is 0 Å². The van der Waals surface area contributed by atoms with E-state index < -0.39 is 18.2 Å². The number of carbonyl (C=O) groups is 3. The summed E-state index contributed by atoms with van der Waals surface area (Å²) in [6.45, 7) is 0.607. The van der Waals surface area contributed by atoms with Crippen molar-refractivity contribution in [3.63, 3.8) is 0 Å². The molecule has 0 aliphatic carbocycles. The summed E-state index contributed by atoms with van der Waals surface area (Å²) in [6.07, 6.45) is 4.56. The zero-order chi connectivity index (χ0) is 23.5. The standard InChI is InChI=1S/C25H28ClN3O4/c26-21-11-5-4-10-19(21)16-20-13-14-23(30)27-15-7-6-12-22(24(31)28-20)29-25(32)33-17-18-8-2-1-3-9-18/h1-5,8-11,13-14,20,22H,6-7,12,15-17H2,(H,27,30)(H,28,31)(H,29,32)/b14-13+/t20-,22+/m1/s1. The summed E-state index contributed by atoms with van der Waals surface area (Å²) in [5.41, 5.74) is 1.70. The van der Waals surface area contributed by atoms with Gasteiger partial charge in [0.05, 0.1) is 6.04 Å². The number of ether oxygens (including phenoxy) is 1. The van der Waals surface area contributed by atoms with Crippen molar-refractivity contribution in [2.45, 2.75) is 44.4 Å². The summed E-state index contributed by atoms with van der Waals surface area (Å²) in [4.78, 5) is 37.5. The third-order valence-corrected chi connectivity index (χ3v) is 5.61. The molecule has 8 heteroatoms. The number of hydrogen-bond donors (Lipinski definition) is 3. The zero-order valence-electron chi connectivity index (χ0n) is 18.3.